The van der Waals surface area contributed by atoms with Gasteiger partial charge in [-0.05, 0) is 36.9 Å². The van der Waals surface area contributed by atoms with Crippen molar-refractivity contribution in [3.63, 3.8) is 0 Å². The van der Waals surface area contributed by atoms with Gasteiger partial charge in [-0.25, -0.2) is 4.98 Å². The molecule has 0 saturated heterocycles. The average molecular weight is 345 g/mol. The van der Waals surface area contributed by atoms with Crippen LogP contribution in [0.4, 0.5) is 5.69 Å². The van der Waals surface area contributed by atoms with Crippen molar-refractivity contribution < 1.29 is 4.79 Å². The van der Waals surface area contributed by atoms with E-state index >= 15 is 0 Å². The molecule has 2 N–H and O–H groups in total. The number of aryl methyl sites for hydroxylation is 1. The first-order chi connectivity index (χ1) is 11.0. The van der Waals surface area contributed by atoms with Gasteiger partial charge in [-0.1, -0.05) is 30.0 Å². The van der Waals surface area contributed by atoms with Crippen molar-refractivity contribution in [2.45, 2.75) is 24.3 Å². The number of aromatic nitrogens is 2. The molecular weight excluding hydrogens is 330 g/mol. The molecule has 0 aliphatic rings. The van der Waals surface area contributed by atoms with E-state index < -0.39 is 0 Å². The number of benzene rings is 1. The standard InChI is InChI=1S/C16H15N3O2S2/c1-9-8-22-15-12(9)14(21)18-16(19-15)23-10(2)13(20)17-11-6-4-3-5-7-11/h3-8,10H,1-2H3,(H,17,20)(H,18,19,21)/t10-/m0/s1. The zero-order valence-corrected chi connectivity index (χ0v) is 14.3. The Morgan fingerprint density at radius 2 is 2.09 bits per heavy atom. The third-order valence-electron chi connectivity index (χ3n) is 3.31. The zero-order chi connectivity index (χ0) is 16.4. The van der Waals surface area contributed by atoms with Crippen molar-refractivity contribution in [1.82, 2.24) is 9.97 Å². The van der Waals surface area contributed by atoms with Gasteiger partial charge < -0.3 is 10.3 Å². The highest BCUT2D eigenvalue weighted by Crippen LogP contribution is 2.25. The van der Waals surface area contributed by atoms with Crippen LogP contribution < -0.4 is 10.9 Å². The van der Waals surface area contributed by atoms with E-state index in [0.717, 1.165) is 11.3 Å². The molecule has 3 rings (SSSR count). The van der Waals surface area contributed by atoms with E-state index in [1.54, 1.807) is 6.92 Å². The fraction of sp³-hybridized carbons (Fsp3) is 0.188. The first-order valence-electron chi connectivity index (χ1n) is 7.05. The van der Waals surface area contributed by atoms with Crippen molar-refractivity contribution in [3.05, 3.63) is 51.6 Å². The van der Waals surface area contributed by atoms with Crippen LogP contribution in [0.15, 0.2) is 45.7 Å². The minimum absolute atomic E-state index is 0.133. The second-order valence-corrected chi connectivity index (χ2v) is 7.27. The second-order valence-electron chi connectivity index (χ2n) is 5.09. The summed E-state index contributed by atoms with van der Waals surface area (Å²) in [5.41, 5.74) is 1.51. The number of aromatic amines is 1. The largest absolute Gasteiger partial charge is 0.325 e. The number of nitrogens with zero attached hydrogens (tertiary/aromatic N) is 1. The van der Waals surface area contributed by atoms with Crippen molar-refractivity contribution in [1.29, 1.82) is 0 Å². The monoisotopic (exact) mass is 345 g/mol. The van der Waals surface area contributed by atoms with E-state index in [0.29, 0.717) is 15.4 Å². The molecule has 7 heteroatoms. The molecule has 5 nitrogen and oxygen atoms in total. The van der Waals surface area contributed by atoms with Gasteiger partial charge in [0, 0.05) is 5.69 Å². The summed E-state index contributed by atoms with van der Waals surface area (Å²) in [5, 5.41) is 5.46. The van der Waals surface area contributed by atoms with E-state index in [2.05, 4.69) is 15.3 Å². The summed E-state index contributed by atoms with van der Waals surface area (Å²) < 4.78 is 0. The molecule has 1 atom stereocenters. The van der Waals surface area contributed by atoms with Gasteiger partial charge in [0.15, 0.2) is 5.16 Å². The number of amides is 1. The number of rotatable bonds is 4. The Hall–Kier alpha value is -2.12. The van der Waals surface area contributed by atoms with Gasteiger partial charge in [0.25, 0.3) is 5.56 Å². The summed E-state index contributed by atoms with van der Waals surface area (Å²) in [4.78, 5) is 32.2. The van der Waals surface area contributed by atoms with Crippen LogP contribution in [-0.2, 0) is 4.79 Å². The fourth-order valence-electron chi connectivity index (χ4n) is 2.11. The molecule has 0 aliphatic heterocycles. The minimum Gasteiger partial charge on any atom is -0.325 e. The number of hydrogen-bond donors (Lipinski definition) is 2. The van der Waals surface area contributed by atoms with Crippen LogP contribution in [0.1, 0.15) is 12.5 Å². The Labute approximate surface area is 141 Å². The molecule has 0 fully saturated rings. The number of H-pyrrole nitrogens is 1. The quantitative estimate of drug-likeness (QED) is 0.561. The summed E-state index contributed by atoms with van der Waals surface area (Å²) in [6, 6.07) is 9.27. The number of anilines is 1. The van der Waals surface area contributed by atoms with Crippen molar-refractivity contribution in [3.8, 4) is 0 Å². The fourth-order valence-corrected chi connectivity index (χ4v) is 3.89. The number of thiophene rings is 1. The Morgan fingerprint density at radius 1 is 1.35 bits per heavy atom. The average Bonchev–Trinajstić information content (AvgIpc) is 2.90. The lowest BCUT2D eigenvalue weighted by molar-refractivity contribution is -0.115. The molecule has 118 valence electrons. The molecule has 0 spiro atoms. The summed E-state index contributed by atoms with van der Waals surface area (Å²) >= 11 is 2.67. The van der Waals surface area contributed by atoms with Crippen LogP contribution in [0.3, 0.4) is 0 Å². The molecule has 0 saturated carbocycles. The topological polar surface area (TPSA) is 74.8 Å². The Morgan fingerprint density at radius 3 is 2.83 bits per heavy atom. The van der Waals surface area contributed by atoms with Crippen LogP contribution in [0.5, 0.6) is 0 Å². The highest BCUT2D eigenvalue weighted by atomic mass is 32.2. The van der Waals surface area contributed by atoms with E-state index in [9.17, 15) is 9.59 Å². The smallest absolute Gasteiger partial charge is 0.260 e. The van der Waals surface area contributed by atoms with Crippen LogP contribution in [-0.4, -0.2) is 21.1 Å². The lowest BCUT2D eigenvalue weighted by atomic mass is 10.3. The predicted octanol–water partition coefficient (Wildman–Crippen LogP) is 3.41. The van der Waals surface area contributed by atoms with Crippen molar-refractivity contribution in [2.75, 3.05) is 5.32 Å². The van der Waals surface area contributed by atoms with Gasteiger partial charge in [0.05, 0.1) is 10.6 Å². The predicted molar refractivity (Wildman–Crippen MR) is 95.4 cm³/mol. The molecule has 1 amide bonds. The minimum atomic E-state index is -0.378. The van der Waals surface area contributed by atoms with Gasteiger partial charge in [-0.3, -0.25) is 9.59 Å². The van der Waals surface area contributed by atoms with E-state index in [-0.39, 0.29) is 16.7 Å². The summed E-state index contributed by atoms with van der Waals surface area (Å²) in [5.74, 6) is -0.133. The highest BCUT2D eigenvalue weighted by molar-refractivity contribution is 8.00. The van der Waals surface area contributed by atoms with Crippen LogP contribution in [0.25, 0.3) is 10.2 Å². The van der Waals surface area contributed by atoms with Gasteiger partial charge >= 0.3 is 0 Å². The molecule has 0 unspecified atom stereocenters. The lowest BCUT2D eigenvalue weighted by Gasteiger charge is -2.11. The Kier molecular flexibility index (Phi) is 4.49. The normalized spacial score (nSPS) is 12.3. The number of thioether (sulfide) groups is 1. The lowest BCUT2D eigenvalue weighted by Crippen LogP contribution is -2.23. The number of hydrogen-bond acceptors (Lipinski definition) is 5. The number of carbonyl (C=O) groups excluding carboxylic acids is 1. The van der Waals surface area contributed by atoms with E-state index in [4.69, 9.17) is 0 Å². The summed E-state index contributed by atoms with van der Waals surface area (Å²) in [6.07, 6.45) is 0. The van der Waals surface area contributed by atoms with E-state index in [1.807, 2.05) is 42.6 Å². The SMILES string of the molecule is Cc1csc2nc(S[C@@H](C)C(=O)Nc3ccccc3)[nH]c(=O)c12. The number of fused-ring (bicyclic) bond motifs is 1. The van der Waals surface area contributed by atoms with Crippen molar-refractivity contribution in [2.24, 2.45) is 0 Å². The maximum Gasteiger partial charge on any atom is 0.260 e. The number of nitrogens with one attached hydrogen (secondary N) is 2. The van der Waals surface area contributed by atoms with Crippen molar-refractivity contribution >= 4 is 44.9 Å². The first kappa shape index (κ1) is 15.8. The maximum atomic E-state index is 12.2. The Balaban J connectivity index is 1.76. The molecule has 0 bridgehead atoms. The van der Waals surface area contributed by atoms with Gasteiger partial charge in [0.1, 0.15) is 4.83 Å². The third-order valence-corrected chi connectivity index (χ3v) is 5.28. The molecule has 1 aromatic carbocycles. The molecule has 23 heavy (non-hydrogen) atoms. The molecule has 2 heterocycles. The van der Waals surface area contributed by atoms with E-state index in [1.165, 1.54) is 23.1 Å². The number of carbonyl (C=O) groups is 1. The summed E-state index contributed by atoms with van der Waals surface area (Å²) in [7, 11) is 0. The van der Waals surface area contributed by atoms with Gasteiger partial charge in [-0.15, -0.1) is 11.3 Å². The van der Waals surface area contributed by atoms with Gasteiger partial charge in [0.2, 0.25) is 5.91 Å². The second kappa shape index (κ2) is 6.55. The first-order valence-corrected chi connectivity index (χ1v) is 8.81. The number of para-hydroxylation sites is 1. The van der Waals surface area contributed by atoms with Crippen LogP contribution in [0.2, 0.25) is 0 Å². The molecular formula is C16H15N3O2S2. The third kappa shape index (κ3) is 3.46. The van der Waals surface area contributed by atoms with Crippen LogP contribution in [0, 0.1) is 6.92 Å². The van der Waals surface area contributed by atoms with Crippen LogP contribution >= 0.6 is 23.1 Å². The zero-order valence-electron chi connectivity index (χ0n) is 12.6. The molecule has 2 aromatic heterocycles. The summed E-state index contributed by atoms with van der Waals surface area (Å²) in [6.45, 7) is 3.67. The molecule has 0 radical (unpaired) electrons. The highest BCUT2D eigenvalue weighted by Gasteiger charge is 2.17. The van der Waals surface area contributed by atoms with Gasteiger partial charge in [-0.2, -0.15) is 0 Å². The molecule has 0 aliphatic carbocycles. The molecule has 3 aromatic rings. The maximum absolute atomic E-state index is 12.2. The Bertz CT molecular complexity index is 903.